The average Bonchev–Trinajstić information content (AvgIpc) is 2.10. The summed E-state index contributed by atoms with van der Waals surface area (Å²) in [6.07, 6.45) is 1.58. The maximum atomic E-state index is 12.7. The number of nitrogens with zero attached hydrogens (tertiary/aromatic N) is 2. The van der Waals surface area contributed by atoms with E-state index in [0.717, 1.165) is 0 Å². The molecule has 0 saturated carbocycles. The molecule has 1 atom stereocenters. The van der Waals surface area contributed by atoms with E-state index in [9.17, 15) is 4.39 Å². The second kappa shape index (κ2) is 3.97. The van der Waals surface area contributed by atoms with Crippen LogP contribution in [0.1, 0.15) is 23.6 Å². The summed E-state index contributed by atoms with van der Waals surface area (Å²) in [5.41, 5.74) is 6.78. The Labute approximate surface area is 76.0 Å². The summed E-state index contributed by atoms with van der Waals surface area (Å²) in [7, 11) is 0. The monoisotopic (exact) mass is 179 g/mol. The molecule has 0 radical (unpaired) electrons. The highest BCUT2D eigenvalue weighted by Crippen LogP contribution is 2.14. The second-order valence-corrected chi connectivity index (χ2v) is 2.85. The van der Waals surface area contributed by atoms with E-state index in [1.807, 2.05) is 6.07 Å². The fourth-order valence-corrected chi connectivity index (χ4v) is 0.999. The van der Waals surface area contributed by atoms with Crippen molar-refractivity contribution in [1.82, 2.24) is 4.98 Å². The summed E-state index contributed by atoms with van der Waals surface area (Å²) in [4.78, 5) is 3.53. The zero-order valence-corrected chi connectivity index (χ0v) is 7.29. The molecule has 3 nitrogen and oxygen atoms in total. The van der Waals surface area contributed by atoms with Crippen LogP contribution in [0.2, 0.25) is 0 Å². The smallest absolute Gasteiger partial charge is 0.215 e. The van der Waals surface area contributed by atoms with Gasteiger partial charge in [-0.2, -0.15) is 9.65 Å². The molecule has 0 unspecified atom stereocenters. The van der Waals surface area contributed by atoms with Crippen LogP contribution in [0.15, 0.2) is 12.3 Å². The van der Waals surface area contributed by atoms with Gasteiger partial charge in [-0.15, -0.1) is 0 Å². The van der Waals surface area contributed by atoms with Crippen molar-refractivity contribution in [3.63, 3.8) is 0 Å². The molecule has 0 aliphatic carbocycles. The zero-order chi connectivity index (χ0) is 9.84. The van der Waals surface area contributed by atoms with Crippen LogP contribution in [0.25, 0.3) is 0 Å². The third kappa shape index (κ3) is 2.23. The van der Waals surface area contributed by atoms with Crippen LogP contribution < -0.4 is 5.73 Å². The van der Waals surface area contributed by atoms with Crippen molar-refractivity contribution in [2.45, 2.75) is 19.4 Å². The molecule has 1 rings (SSSR count). The number of hydrogen-bond donors (Lipinski definition) is 1. The maximum absolute atomic E-state index is 12.7. The summed E-state index contributed by atoms with van der Waals surface area (Å²) in [5.74, 6) is -0.493. The predicted molar refractivity (Wildman–Crippen MR) is 46.1 cm³/mol. The minimum absolute atomic E-state index is 0.215. The van der Waals surface area contributed by atoms with E-state index in [4.69, 9.17) is 11.0 Å². The largest absolute Gasteiger partial charge is 0.323 e. The van der Waals surface area contributed by atoms with Crippen LogP contribution >= 0.6 is 0 Å². The summed E-state index contributed by atoms with van der Waals surface area (Å²) in [5, 5.41) is 8.40. The number of pyridine rings is 1. The van der Waals surface area contributed by atoms with Gasteiger partial charge in [-0.1, -0.05) is 0 Å². The van der Waals surface area contributed by atoms with Crippen molar-refractivity contribution in [1.29, 1.82) is 5.26 Å². The molecule has 0 fully saturated rings. The highest BCUT2D eigenvalue weighted by molar-refractivity contribution is 5.21. The Hall–Kier alpha value is -1.47. The topological polar surface area (TPSA) is 62.7 Å². The molecule has 0 bridgehead atoms. The Morgan fingerprint density at radius 2 is 2.46 bits per heavy atom. The lowest BCUT2D eigenvalue weighted by Crippen LogP contribution is -2.10. The van der Waals surface area contributed by atoms with Gasteiger partial charge in [-0.3, -0.25) is 0 Å². The highest BCUT2D eigenvalue weighted by Gasteiger charge is 2.07. The normalized spacial score (nSPS) is 12.2. The van der Waals surface area contributed by atoms with E-state index in [1.165, 1.54) is 6.20 Å². The van der Waals surface area contributed by atoms with Crippen LogP contribution in [-0.2, 0) is 0 Å². The van der Waals surface area contributed by atoms with Crippen molar-refractivity contribution < 1.29 is 4.39 Å². The minimum Gasteiger partial charge on any atom is -0.323 e. The summed E-state index contributed by atoms with van der Waals surface area (Å²) in [6, 6.07) is 3.19. The van der Waals surface area contributed by atoms with Gasteiger partial charge in [0.25, 0.3) is 0 Å². The summed E-state index contributed by atoms with van der Waals surface area (Å²) < 4.78 is 12.7. The van der Waals surface area contributed by atoms with Crippen LogP contribution in [0.4, 0.5) is 4.39 Å². The van der Waals surface area contributed by atoms with Gasteiger partial charge in [0.1, 0.15) is 0 Å². The Morgan fingerprint density at radius 1 is 1.77 bits per heavy atom. The number of rotatable bonds is 2. The number of hydrogen-bond acceptors (Lipinski definition) is 3. The molecular formula is C9H10FN3. The molecule has 13 heavy (non-hydrogen) atoms. The van der Waals surface area contributed by atoms with Crippen LogP contribution in [-0.4, -0.2) is 4.98 Å². The first kappa shape index (κ1) is 9.62. The molecular weight excluding hydrogens is 169 g/mol. The Morgan fingerprint density at radius 3 is 3.00 bits per heavy atom. The Bertz CT molecular complexity index is 343. The zero-order valence-electron chi connectivity index (χ0n) is 7.29. The highest BCUT2D eigenvalue weighted by atomic mass is 19.1. The van der Waals surface area contributed by atoms with E-state index in [0.29, 0.717) is 11.1 Å². The van der Waals surface area contributed by atoms with Crippen LogP contribution in [0.3, 0.4) is 0 Å². The summed E-state index contributed by atoms with van der Waals surface area (Å²) >= 11 is 0. The standard InChI is InChI=1S/C9H10FN3/c1-6-4-7(5-13-9(6)10)8(12)2-3-11/h4-5,8H,2,12H2,1H3/t8-/m1/s1. The van der Waals surface area contributed by atoms with E-state index < -0.39 is 5.95 Å². The van der Waals surface area contributed by atoms with Crippen molar-refractivity contribution in [2.24, 2.45) is 5.73 Å². The minimum atomic E-state index is -0.493. The first-order valence-electron chi connectivity index (χ1n) is 3.89. The maximum Gasteiger partial charge on any atom is 0.215 e. The molecule has 0 spiro atoms. The number of aryl methyl sites for hydroxylation is 1. The van der Waals surface area contributed by atoms with Gasteiger partial charge < -0.3 is 5.73 Å². The fraction of sp³-hybridized carbons (Fsp3) is 0.333. The quantitative estimate of drug-likeness (QED) is 0.699. The third-order valence-electron chi connectivity index (χ3n) is 1.77. The first-order valence-corrected chi connectivity index (χ1v) is 3.89. The van der Waals surface area contributed by atoms with E-state index >= 15 is 0 Å². The number of halogens is 1. The summed E-state index contributed by atoms with van der Waals surface area (Å²) in [6.45, 7) is 1.62. The van der Waals surface area contributed by atoms with Crippen molar-refractivity contribution in [3.8, 4) is 6.07 Å². The molecule has 0 amide bonds. The molecule has 2 N–H and O–H groups in total. The molecule has 0 saturated heterocycles. The van der Waals surface area contributed by atoms with E-state index in [-0.39, 0.29) is 12.5 Å². The van der Waals surface area contributed by atoms with Gasteiger partial charge in [-0.05, 0) is 18.6 Å². The van der Waals surface area contributed by atoms with Gasteiger partial charge >= 0.3 is 0 Å². The molecule has 1 heterocycles. The Balaban J connectivity index is 2.91. The van der Waals surface area contributed by atoms with Gasteiger partial charge in [0.15, 0.2) is 0 Å². The lowest BCUT2D eigenvalue weighted by atomic mass is 10.1. The average molecular weight is 179 g/mol. The number of aromatic nitrogens is 1. The van der Waals surface area contributed by atoms with Crippen LogP contribution in [0, 0.1) is 24.2 Å². The lowest BCUT2D eigenvalue weighted by molar-refractivity contribution is 0.570. The SMILES string of the molecule is Cc1cc([C@H](N)CC#N)cnc1F. The van der Waals surface area contributed by atoms with E-state index in [1.54, 1.807) is 13.0 Å². The third-order valence-corrected chi connectivity index (χ3v) is 1.77. The van der Waals surface area contributed by atoms with Gasteiger partial charge in [0, 0.05) is 17.8 Å². The molecule has 68 valence electrons. The molecule has 0 aromatic carbocycles. The van der Waals surface area contributed by atoms with Crippen LogP contribution in [0.5, 0.6) is 0 Å². The second-order valence-electron chi connectivity index (χ2n) is 2.85. The van der Waals surface area contributed by atoms with Crippen molar-refractivity contribution >= 4 is 0 Å². The molecule has 4 heteroatoms. The Kier molecular flexibility index (Phi) is 2.93. The van der Waals surface area contributed by atoms with Gasteiger partial charge in [-0.25, -0.2) is 4.98 Å². The molecule has 1 aromatic rings. The molecule has 0 aliphatic rings. The lowest BCUT2D eigenvalue weighted by Gasteiger charge is -2.07. The predicted octanol–water partition coefficient (Wildman–Crippen LogP) is 1.44. The first-order chi connectivity index (χ1) is 6.15. The fourth-order valence-electron chi connectivity index (χ4n) is 0.999. The van der Waals surface area contributed by atoms with Gasteiger partial charge in [0.05, 0.1) is 12.5 Å². The van der Waals surface area contributed by atoms with Crippen molar-refractivity contribution in [2.75, 3.05) is 0 Å². The van der Waals surface area contributed by atoms with Gasteiger partial charge in [0.2, 0.25) is 5.95 Å². The van der Waals surface area contributed by atoms with E-state index in [2.05, 4.69) is 4.98 Å². The molecule has 0 aliphatic heterocycles. The number of nitriles is 1. The van der Waals surface area contributed by atoms with Crippen molar-refractivity contribution in [3.05, 3.63) is 29.3 Å². The number of nitrogens with two attached hydrogens (primary N) is 1. The molecule has 1 aromatic heterocycles.